The van der Waals surface area contributed by atoms with E-state index in [2.05, 4.69) is 27.1 Å². The Morgan fingerprint density at radius 2 is 2.00 bits per heavy atom. The number of anilines is 1. The van der Waals surface area contributed by atoms with Crippen LogP contribution in [0, 0.1) is 0 Å². The van der Waals surface area contributed by atoms with Crippen molar-refractivity contribution in [2.24, 2.45) is 0 Å². The van der Waals surface area contributed by atoms with Crippen LogP contribution >= 0.6 is 0 Å². The van der Waals surface area contributed by atoms with Gasteiger partial charge in [-0.15, -0.1) is 0 Å². The Morgan fingerprint density at radius 3 is 2.56 bits per heavy atom. The summed E-state index contributed by atoms with van der Waals surface area (Å²) in [5.41, 5.74) is 1.06. The Morgan fingerprint density at radius 1 is 1.33 bits per heavy atom. The van der Waals surface area contributed by atoms with Crippen molar-refractivity contribution < 1.29 is 5.11 Å². The minimum atomic E-state index is 0.156. The number of aromatic nitrogens is 2. The third-order valence-corrected chi connectivity index (χ3v) is 3.39. The Bertz CT molecular complexity index is 345. The van der Waals surface area contributed by atoms with Gasteiger partial charge in [0.25, 0.3) is 0 Å². The Hall–Kier alpha value is -1.20. The summed E-state index contributed by atoms with van der Waals surface area (Å²) in [6.07, 6.45) is 7.14. The first-order valence-electron chi connectivity index (χ1n) is 6.73. The number of rotatable bonds is 6. The highest BCUT2D eigenvalue weighted by Gasteiger charge is 2.14. The van der Waals surface area contributed by atoms with Crippen LogP contribution in [0.3, 0.4) is 0 Å². The van der Waals surface area contributed by atoms with Gasteiger partial charge in [0, 0.05) is 43.6 Å². The van der Waals surface area contributed by atoms with Crippen LogP contribution < -0.4 is 10.2 Å². The maximum Gasteiger partial charge on any atom is 0.225 e. The summed E-state index contributed by atoms with van der Waals surface area (Å²) in [5.74, 6) is 0.838. The van der Waals surface area contributed by atoms with Gasteiger partial charge in [-0.1, -0.05) is 6.92 Å². The molecule has 1 aliphatic rings. The molecule has 2 rings (SSSR count). The van der Waals surface area contributed by atoms with E-state index in [1.807, 2.05) is 12.4 Å². The minimum Gasteiger partial charge on any atom is -0.395 e. The van der Waals surface area contributed by atoms with Crippen LogP contribution in [0.1, 0.15) is 31.7 Å². The van der Waals surface area contributed by atoms with Gasteiger partial charge in [0.1, 0.15) is 0 Å². The zero-order valence-electron chi connectivity index (χ0n) is 11.0. The highest BCUT2D eigenvalue weighted by atomic mass is 16.3. The molecule has 1 fully saturated rings. The highest BCUT2D eigenvalue weighted by Crippen LogP contribution is 2.14. The molecule has 1 aromatic rings. The van der Waals surface area contributed by atoms with Crippen molar-refractivity contribution in [2.75, 3.05) is 24.6 Å². The molecule has 2 N–H and O–H groups in total. The summed E-state index contributed by atoms with van der Waals surface area (Å²) in [5, 5.41) is 12.4. The summed E-state index contributed by atoms with van der Waals surface area (Å²) in [7, 11) is 0. The van der Waals surface area contributed by atoms with Crippen molar-refractivity contribution in [3.05, 3.63) is 18.0 Å². The van der Waals surface area contributed by atoms with Crippen LogP contribution in [0.4, 0.5) is 5.95 Å². The lowest BCUT2D eigenvalue weighted by Gasteiger charge is -2.16. The maximum atomic E-state index is 9.09. The number of nitrogens with one attached hydrogen (secondary N) is 1. The lowest BCUT2D eigenvalue weighted by atomic mass is 10.2. The predicted molar refractivity (Wildman–Crippen MR) is 71.5 cm³/mol. The first-order valence-corrected chi connectivity index (χ1v) is 6.73. The minimum absolute atomic E-state index is 0.156. The van der Waals surface area contributed by atoms with Crippen molar-refractivity contribution >= 4 is 5.95 Å². The molecular formula is C13H22N4O. The van der Waals surface area contributed by atoms with E-state index in [-0.39, 0.29) is 12.6 Å². The average molecular weight is 250 g/mol. The van der Waals surface area contributed by atoms with E-state index in [0.717, 1.165) is 31.0 Å². The molecule has 0 bridgehead atoms. The molecule has 0 spiro atoms. The second-order valence-corrected chi connectivity index (χ2v) is 4.75. The van der Waals surface area contributed by atoms with Crippen LogP contribution in [0.2, 0.25) is 0 Å². The number of aliphatic hydroxyl groups is 1. The van der Waals surface area contributed by atoms with Crippen molar-refractivity contribution in [2.45, 2.75) is 38.8 Å². The van der Waals surface area contributed by atoms with Crippen LogP contribution in [0.15, 0.2) is 12.4 Å². The first kappa shape index (κ1) is 13.2. The van der Waals surface area contributed by atoms with E-state index in [4.69, 9.17) is 5.11 Å². The van der Waals surface area contributed by atoms with E-state index in [1.54, 1.807) is 0 Å². The van der Waals surface area contributed by atoms with Gasteiger partial charge in [0.2, 0.25) is 5.95 Å². The molecule has 0 aliphatic carbocycles. The molecule has 5 nitrogen and oxygen atoms in total. The largest absolute Gasteiger partial charge is 0.395 e. The molecular weight excluding hydrogens is 228 g/mol. The fourth-order valence-electron chi connectivity index (χ4n) is 2.12. The van der Waals surface area contributed by atoms with E-state index in [0.29, 0.717) is 6.54 Å². The summed E-state index contributed by atoms with van der Waals surface area (Å²) >= 11 is 0. The van der Waals surface area contributed by atoms with Gasteiger partial charge in [-0.05, 0) is 19.3 Å². The summed E-state index contributed by atoms with van der Waals surface area (Å²) in [4.78, 5) is 11.0. The second-order valence-electron chi connectivity index (χ2n) is 4.75. The molecule has 0 amide bonds. The van der Waals surface area contributed by atoms with E-state index < -0.39 is 0 Å². The number of hydrogen-bond acceptors (Lipinski definition) is 5. The van der Waals surface area contributed by atoms with E-state index >= 15 is 0 Å². The molecule has 18 heavy (non-hydrogen) atoms. The van der Waals surface area contributed by atoms with Crippen molar-refractivity contribution in [1.82, 2.24) is 15.3 Å². The predicted octanol–water partition coefficient (Wildman–Crippen LogP) is 0.937. The summed E-state index contributed by atoms with van der Waals surface area (Å²) in [6, 6.07) is 0.156. The number of hydrogen-bond donors (Lipinski definition) is 2. The molecule has 0 aromatic carbocycles. The SMILES string of the molecule is CC[C@@H](CO)NCc1cnc(N2CCCC2)nc1. The van der Waals surface area contributed by atoms with Gasteiger partial charge >= 0.3 is 0 Å². The quantitative estimate of drug-likeness (QED) is 0.786. The normalized spacial score (nSPS) is 17.1. The number of nitrogens with zero attached hydrogens (tertiary/aromatic N) is 3. The molecule has 100 valence electrons. The smallest absolute Gasteiger partial charge is 0.225 e. The average Bonchev–Trinajstić information content (AvgIpc) is 2.94. The zero-order valence-corrected chi connectivity index (χ0v) is 11.0. The van der Waals surface area contributed by atoms with Crippen molar-refractivity contribution in [3.63, 3.8) is 0 Å². The summed E-state index contributed by atoms with van der Waals surface area (Å²) in [6.45, 7) is 5.07. The second kappa shape index (κ2) is 6.66. The molecule has 2 heterocycles. The van der Waals surface area contributed by atoms with Gasteiger partial charge < -0.3 is 15.3 Å². The maximum absolute atomic E-state index is 9.09. The zero-order chi connectivity index (χ0) is 12.8. The number of aliphatic hydroxyl groups excluding tert-OH is 1. The lowest BCUT2D eigenvalue weighted by Crippen LogP contribution is -2.31. The monoisotopic (exact) mass is 250 g/mol. The van der Waals surface area contributed by atoms with Crippen molar-refractivity contribution in [1.29, 1.82) is 0 Å². The standard InChI is InChI=1S/C13H22N4O/c1-2-12(10-18)14-7-11-8-15-13(16-9-11)17-5-3-4-6-17/h8-9,12,14,18H,2-7,10H2,1H3/t12-/m0/s1. The van der Waals surface area contributed by atoms with Gasteiger partial charge in [-0.25, -0.2) is 9.97 Å². The van der Waals surface area contributed by atoms with Crippen LogP contribution in [0.25, 0.3) is 0 Å². The van der Waals surface area contributed by atoms with Gasteiger partial charge in [0.05, 0.1) is 6.61 Å². The first-order chi connectivity index (χ1) is 8.83. The highest BCUT2D eigenvalue weighted by molar-refractivity contribution is 5.30. The molecule has 0 saturated carbocycles. The Labute approximate surface area is 108 Å². The van der Waals surface area contributed by atoms with E-state index in [1.165, 1.54) is 12.8 Å². The molecule has 1 aliphatic heterocycles. The van der Waals surface area contributed by atoms with Crippen LogP contribution in [-0.4, -0.2) is 40.8 Å². The molecule has 1 atom stereocenters. The van der Waals surface area contributed by atoms with E-state index in [9.17, 15) is 0 Å². The molecule has 1 saturated heterocycles. The third-order valence-electron chi connectivity index (χ3n) is 3.39. The molecule has 1 aromatic heterocycles. The van der Waals surface area contributed by atoms with Gasteiger partial charge in [-0.2, -0.15) is 0 Å². The third kappa shape index (κ3) is 3.40. The molecule has 0 unspecified atom stereocenters. The lowest BCUT2D eigenvalue weighted by molar-refractivity contribution is 0.238. The molecule has 5 heteroatoms. The fraction of sp³-hybridized carbons (Fsp3) is 0.692. The summed E-state index contributed by atoms with van der Waals surface area (Å²) < 4.78 is 0. The van der Waals surface area contributed by atoms with Gasteiger partial charge in [-0.3, -0.25) is 0 Å². The fourth-order valence-corrected chi connectivity index (χ4v) is 2.12. The van der Waals surface area contributed by atoms with Gasteiger partial charge in [0.15, 0.2) is 0 Å². The van der Waals surface area contributed by atoms with Crippen molar-refractivity contribution in [3.8, 4) is 0 Å². The topological polar surface area (TPSA) is 61.3 Å². The van der Waals surface area contributed by atoms with Crippen LogP contribution in [0.5, 0.6) is 0 Å². The van der Waals surface area contributed by atoms with Crippen LogP contribution in [-0.2, 0) is 6.54 Å². The Kier molecular flexibility index (Phi) is 4.90. The Balaban J connectivity index is 1.87. The molecule has 0 radical (unpaired) electrons.